The topological polar surface area (TPSA) is 20.2 Å². The van der Waals surface area contributed by atoms with E-state index in [-0.39, 0.29) is 0 Å². The smallest absolute Gasteiger partial charge is 0.0431 e. The minimum Gasteiger partial charge on any atom is -0.396 e. The van der Waals surface area contributed by atoms with Gasteiger partial charge in [-0.2, -0.15) is 0 Å². The zero-order chi connectivity index (χ0) is 24.7. The fourth-order valence-corrected chi connectivity index (χ4v) is 10.8. The van der Waals surface area contributed by atoms with E-state index in [0.29, 0.717) is 34.2 Å². The maximum Gasteiger partial charge on any atom is 0.0431 e. The third kappa shape index (κ3) is 4.63. The molecule has 1 nitrogen and oxygen atoms in total. The van der Waals surface area contributed by atoms with Crippen LogP contribution in [0, 0.1) is 51.2 Å². The van der Waals surface area contributed by atoms with Crippen LogP contribution in [0.1, 0.15) is 132 Å². The average molecular weight is 459 g/mol. The predicted molar refractivity (Wildman–Crippen MR) is 144 cm³/mol. The highest BCUT2D eigenvalue weighted by Gasteiger charge is 2.60. The van der Waals surface area contributed by atoms with E-state index in [1.807, 2.05) is 13.8 Å². The van der Waals surface area contributed by atoms with Crippen molar-refractivity contribution in [3.05, 3.63) is 12.2 Å². The van der Waals surface area contributed by atoms with Crippen LogP contribution < -0.4 is 0 Å². The SMILES string of the molecule is C=C(C)C1CCC2(C)CC3CCC4C(C)(C)CCCC4(C)C3CCC2C1(C)CCCO.CC. The molecule has 8 atom stereocenters. The zero-order valence-electron chi connectivity index (χ0n) is 23.7. The Labute approximate surface area is 207 Å². The van der Waals surface area contributed by atoms with Gasteiger partial charge in [0.2, 0.25) is 0 Å². The lowest BCUT2D eigenvalue weighted by Crippen LogP contribution is -2.52. The quantitative estimate of drug-likeness (QED) is 0.416. The highest BCUT2D eigenvalue weighted by Crippen LogP contribution is 2.68. The van der Waals surface area contributed by atoms with Gasteiger partial charge in [-0.3, -0.25) is 0 Å². The summed E-state index contributed by atoms with van der Waals surface area (Å²) in [5, 5.41) is 9.71. The molecule has 0 radical (unpaired) electrons. The largest absolute Gasteiger partial charge is 0.396 e. The standard InChI is InChI=1S/C30H52O.C2H6/c1-21(2)23-14-18-28(5)20-22-10-12-25-27(3,4)15-8-16-30(25,7)24(22)11-13-26(28)29(23,6)17-9-19-31;1-2/h22-26,31H,1,8-20H2,2-7H3;1-2H3. The first-order valence-electron chi connectivity index (χ1n) is 14.7. The Hall–Kier alpha value is -0.300. The van der Waals surface area contributed by atoms with Crippen LogP contribution >= 0.6 is 0 Å². The summed E-state index contributed by atoms with van der Waals surface area (Å²) < 4.78 is 0. The molecule has 0 aliphatic heterocycles. The van der Waals surface area contributed by atoms with Gasteiger partial charge in [0.25, 0.3) is 0 Å². The van der Waals surface area contributed by atoms with Gasteiger partial charge < -0.3 is 5.11 Å². The zero-order valence-corrected chi connectivity index (χ0v) is 23.7. The minimum absolute atomic E-state index is 0.307. The van der Waals surface area contributed by atoms with E-state index in [0.717, 1.165) is 30.1 Å². The summed E-state index contributed by atoms with van der Waals surface area (Å²) in [5.74, 6) is 4.21. The Morgan fingerprint density at radius 2 is 1.55 bits per heavy atom. The molecule has 0 spiro atoms. The number of hydrogen-bond donors (Lipinski definition) is 1. The molecule has 4 aliphatic carbocycles. The van der Waals surface area contributed by atoms with Gasteiger partial charge in [-0.25, -0.2) is 0 Å². The van der Waals surface area contributed by atoms with Crippen LogP contribution in [0.15, 0.2) is 12.2 Å². The molecule has 192 valence electrons. The summed E-state index contributed by atoms with van der Waals surface area (Å²) in [7, 11) is 0. The van der Waals surface area contributed by atoms with Crippen LogP contribution in [0.5, 0.6) is 0 Å². The number of fused-ring (bicyclic) bond motifs is 4. The normalized spacial score (nSPS) is 46.5. The molecule has 0 bridgehead atoms. The third-order valence-corrected chi connectivity index (χ3v) is 11.9. The maximum absolute atomic E-state index is 9.71. The fraction of sp³-hybridized carbons (Fsp3) is 0.938. The number of aliphatic hydroxyl groups is 1. The van der Waals surface area contributed by atoms with Gasteiger partial charge >= 0.3 is 0 Å². The lowest BCUT2D eigenvalue weighted by Gasteiger charge is -2.60. The van der Waals surface area contributed by atoms with Gasteiger partial charge in [0, 0.05) is 6.61 Å². The molecule has 1 heteroatoms. The number of allylic oxidation sites excluding steroid dienone is 1. The van der Waals surface area contributed by atoms with Gasteiger partial charge in [0.1, 0.15) is 0 Å². The molecule has 4 saturated carbocycles. The Morgan fingerprint density at radius 3 is 2.18 bits per heavy atom. The van der Waals surface area contributed by atoms with Crippen molar-refractivity contribution in [3.63, 3.8) is 0 Å². The molecule has 8 unspecified atom stereocenters. The van der Waals surface area contributed by atoms with Crippen LogP contribution in [0.3, 0.4) is 0 Å². The monoisotopic (exact) mass is 458 g/mol. The fourth-order valence-electron chi connectivity index (χ4n) is 10.8. The van der Waals surface area contributed by atoms with Crippen molar-refractivity contribution < 1.29 is 5.11 Å². The molecule has 4 rings (SSSR count). The highest BCUT2D eigenvalue weighted by atomic mass is 16.2. The molecule has 1 N–H and O–H groups in total. The van der Waals surface area contributed by atoms with Gasteiger partial charge in [-0.1, -0.05) is 67.0 Å². The van der Waals surface area contributed by atoms with E-state index in [1.165, 1.54) is 76.2 Å². The van der Waals surface area contributed by atoms with Gasteiger partial charge in [0.05, 0.1) is 0 Å². The van der Waals surface area contributed by atoms with Gasteiger partial charge in [-0.05, 0) is 129 Å². The first-order chi connectivity index (χ1) is 15.5. The predicted octanol–water partition coefficient (Wildman–Crippen LogP) is 9.44. The maximum atomic E-state index is 9.71. The Morgan fingerprint density at radius 1 is 0.879 bits per heavy atom. The van der Waals surface area contributed by atoms with E-state index in [2.05, 4.69) is 48.1 Å². The van der Waals surface area contributed by atoms with Crippen molar-refractivity contribution in [2.75, 3.05) is 6.61 Å². The average Bonchev–Trinajstić information content (AvgIpc) is 2.90. The van der Waals surface area contributed by atoms with E-state index in [9.17, 15) is 5.11 Å². The second-order valence-electron chi connectivity index (χ2n) is 14.1. The number of aliphatic hydroxyl groups excluding tert-OH is 1. The molecule has 4 fully saturated rings. The lowest BCUT2D eigenvalue weighted by molar-refractivity contribution is -0.104. The Balaban J connectivity index is 0.00000149. The van der Waals surface area contributed by atoms with Gasteiger partial charge in [0.15, 0.2) is 0 Å². The Kier molecular flexibility index (Phi) is 8.26. The summed E-state index contributed by atoms with van der Waals surface area (Å²) in [5.41, 5.74) is 3.26. The van der Waals surface area contributed by atoms with Crippen molar-refractivity contribution >= 4 is 0 Å². The second-order valence-corrected chi connectivity index (χ2v) is 14.1. The first-order valence-corrected chi connectivity index (χ1v) is 14.7. The summed E-state index contributed by atoms with van der Waals surface area (Å²) in [6.45, 7) is 24.2. The van der Waals surface area contributed by atoms with Crippen LogP contribution in [0.4, 0.5) is 0 Å². The Bertz CT molecular complexity index is 678. The first kappa shape index (κ1) is 27.3. The highest BCUT2D eigenvalue weighted by molar-refractivity contribution is 5.14. The number of hydrogen-bond acceptors (Lipinski definition) is 1. The summed E-state index contributed by atoms with van der Waals surface area (Å²) in [4.78, 5) is 0. The van der Waals surface area contributed by atoms with Gasteiger partial charge in [-0.15, -0.1) is 0 Å². The van der Waals surface area contributed by atoms with Crippen molar-refractivity contribution in [3.8, 4) is 0 Å². The summed E-state index contributed by atoms with van der Waals surface area (Å²) in [6.07, 6.45) is 16.4. The van der Waals surface area contributed by atoms with Crippen LogP contribution in [-0.2, 0) is 0 Å². The molecule has 0 aromatic rings. The van der Waals surface area contributed by atoms with Crippen molar-refractivity contribution in [2.24, 2.45) is 51.2 Å². The minimum atomic E-state index is 0.307. The summed E-state index contributed by atoms with van der Waals surface area (Å²) in [6, 6.07) is 0. The molecule has 0 aromatic heterocycles. The van der Waals surface area contributed by atoms with E-state index < -0.39 is 0 Å². The lowest BCUT2D eigenvalue weighted by atomic mass is 9.45. The van der Waals surface area contributed by atoms with E-state index in [1.54, 1.807) is 0 Å². The molecule has 33 heavy (non-hydrogen) atoms. The molecule has 4 aliphatic rings. The molecule has 0 aromatic carbocycles. The summed E-state index contributed by atoms with van der Waals surface area (Å²) >= 11 is 0. The number of rotatable bonds is 4. The van der Waals surface area contributed by atoms with Crippen molar-refractivity contribution in [1.82, 2.24) is 0 Å². The molecular weight excluding hydrogens is 400 g/mol. The molecule has 0 heterocycles. The molecular formula is C32H58O. The van der Waals surface area contributed by atoms with E-state index in [4.69, 9.17) is 0 Å². The third-order valence-electron chi connectivity index (χ3n) is 11.9. The van der Waals surface area contributed by atoms with Crippen LogP contribution in [0.25, 0.3) is 0 Å². The van der Waals surface area contributed by atoms with Crippen molar-refractivity contribution in [2.45, 2.75) is 132 Å². The van der Waals surface area contributed by atoms with Crippen molar-refractivity contribution in [1.29, 1.82) is 0 Å². The molecule has 0 amide bonds. The van der Waals surface area contributed by atoms with Crippen LogP contribution in [0.2, 0.25) is 0 Å². The van der Waals surface area contributed by atoms with E-state index >= 15 is 0 Å². The second kappa shape index (κ2) is 9.99. The molecule has 0 saturated heterocycles. The van der Waals surface area contributed by atoms with Crippen LogP contribution in [-0.4, -0.2) is 11.7 Å².